The summed E-state index contributed by atoms with van der Waals surface area (Å²) in [5.41, 5.74) is 0.963. The van der Waals surface area contributed by atoms with Crippen LogP contribution in [0.25, 0.3) is 43.1 Å². The SMILES string of the molecule is CCCCc1cccc2c(OC(=O)Oc3cccc4ccccc34)c3ccccc3c(OC(=O)Oc3cccc4ccccc34)c12. The summed E-state index contributed by atoms with van der Waals surface area (Å²) in [6.45, 7) is 2.12. The van der Waals surface area contributed by atoms with Crippen LogP contribution in [0.3, 0.4) is 0 Å². The number of unbranched alkanes of at least 4 members (excludes halogenated alkanes) is 1. The highest BCUT2D eigenvalue weighted by Crippen LogP contribution is 2.45. The van der Waals surface area contributed by atoms with Gasteiger partial charge in [0.1, 0.15) is 17.2 Å². The van der Waals surface area contributed by atoms with Gasteiger partial charge in [-0.3, -0.25) is 0 Å². The van der Waals surface area contributed by atoms with Crippen molar-refractivity contribution in [2.45, 2.75) is 26.2 Å². The number of rotatable bonds is 7. The van der Waals surface area contributed by atoms with Crippen molar-refractivity contribution in [3.05, 3.63) is 133 Å². The first kappa shape index (κ1) is 28.9. The maximum absolute atomic E-state index is 13.5. The highest BCUT2D eigenvalue weighted by molar-refractivity contribution is 6.13. The fraction of sp³-hybridized carbons (Fsp3) is 0.100. The van der Waals surface area contributed by atoms with Crippen molar-refractivity contribution in [1.29, 1.82) is 0 Å². The Morgan fingerprint density at radius 2 is 0.935 bits per heavy atom. The van der Waals surface area contributed by atoms with E-state index in [0.29, 0.717) is 44.5 Å². The zero-order chi connectivity index (χ0) is 31.5. The molecule has 7 aromatic rings. The smallest absolute Gasteiger partial charge is 0.394 e. The van der Waals surface area contributed by atoms with Crippen LogP contribution in [0.5, 0.6) is 23.0 Å². The molecule has 0 radical (unpaired) electrons. The minimum Gasteiger partial charge on any atom is -0.394 e. The van der Waals surface area contributed by atoms with Gasteiger partial charge in [0.15, 0.2) is 5.75 Å². The van der Waals surface area contributed by atoms with Crippen LogP contribution in [0.4, 0.5) is 9.59 Å². The van der Waals surface area contributed by atoms with Crippen LogP contribution in [-0.2, 0) is 6.42 Å². The molecule has 0 atom stereocenters. The van der Waals surface area contributed by atoms with Gasteiger partial charge in [0.05, 0.1) is 0 Å². The second-order valence-corrected chi connectivity index (χ2v) is 11.0. The van der Waals surface area contributed by atoms with Gasteiger partial charge in [0.2, 0.25) is 0 Å². The molecular formula is C40H30O6. The molecule has 0 amide bonds. The highest BCUT2D eigenvalue weighted by atomic mass is 16.7. The fourth-order valence-corrected chi connectivity index (χ4v) is 5.97. The predicted molar refractivity (Wildman–Crippen MR) is 181 cm³/mol. The normalized spacial score (nSPS) is 11.2. The van der Waals surface area contributed by atoms with Crippen molar-refractivity contribution < 1.29 is 28.5 Å². The molecule has 6 heteroatoms. The largest absolute Gasteiger partial charge is 0.519 e. The quantitative estimate of drug-likeness (QED) is 0.102. The summed E-state index contributed by atoms with van der Waals surface area (Å²) < 4.78 is 23.6. The van der Waals surface area contributed by atoms with E-state index in [-0.39, 0.29) is 0 Å². The van der Waals surface area contributed by atoms with E-state index in [1.165, 1.54) is 0 Å². The summed E-state index contributed by atoms with van der Waals surface area (Å²) in [5, 5.41) is 5.98. The van der Waals surface area contributed by atoms with Crippen molar-refractivity contribution in [1.82, 2.24) is 0 Å². The fourth-order valence-electron chi connectivity index (χ4n) is 5.97. The molecule has 0 saturated carbocycles. The second kappa shape index (κ2) is 12.6. The summed E-state index contributed by atoms with van der Waals surface area (Å²) in [7, 11) is 0. The molecule has 0 N–H and O–H groups in total. The first-order valence-corrected chi connectivity index (χ1v) is 15.3. The van der Waals surface area contributed by atoms with Crippen LogP contribution in [-0.4, -0.2) is 12.3 Å². The predicted octanol–water partition coefficient (Wildman–Crippen LogP) is 10.8. The first-order chi connectivity index (χ1) is 22.6. The maximum atomic E-state index is 13.5. The standard InChI is InChI=1S/C40H30O6/c1-2-3-13-28-18-10-23-33-36(28)38(46-40(42)44-35-25-12-17-27-15-5-7-20-30(27)35)32-22-9-8-21-31(32)37(33)45-39(41)43-34-24-11-16-26-14-4-6-19-29(26)34/h4-12,14-25H,2-3,13H2,1H3. The number of hydrogen-bond donors (Lipinski definition) is 0. The lowest BCUT2D eigenvalue weighted by molar-refractivity contribution is 0.151. The molecule has 0 bridgehead atoms. The van der Waals surface area contributed by atoms with E-state index in [9.17, 15) is 9.59 Å². The van der Waals surface area contributed by atoms with E-state index in [2.05, 4.69) is 6.92 Å². The molecule has 0 unspecified atom stereocenters. The summed E-state index contributed by atoms with van der Waals surface area (Å²) >= 11 is 0. The Bertz CT molecular complexity index is 2240. The van der Waals surface area contributed by atoms with E-state index >= 15 is 0 Å². The summed E-state index contributed by atoms with van der Waals surface area (Å²) in [5.74, 6) is 1.47. The second-order valence-electron chi connectivity index (χ2n) is 11.0. The lowest BCUT2D eigenvalue weighted by atomic mass is 9.94. The van der Waals surface area contributed by atoms with Crippen molar-refractivity contribution >= 4 is 55.4 Å². The van der Waals surface area contributed by atoms with Gasteiger partial charge in [-0.05, 0) is 41.3 Å². The molecule has 0 aromatic heterocycles. The number of carbonyl (C=O) groups excluding carboxylic acids is 2. The molecule has 0 aliphatic heterocycles. The molecule has 46 heavy (non-hydrogen) atoms. The number of fused-ring (bicyclic) bond motifs is 4. The topological polar surface area (TPSA) is 71.1 Å². The van der Waals surface area contributed by atoms with Gasteiger partial charge in [-0.15, -0.1) is 0 Å². The molecule has 0 aliphatic rings. The van der Waals surface area contributed by atoms with Crippen molar-refractivity contribution in [3.8, 4) is 23.0 Å². The van der Waals surface area contributed by atoms with Crippen LogP contribution in [0.2, 0.25) is 0 Å². The Labute approximate surface area is 265 Å². The van der Waals surface area contributed by atoms with Crippen molar-refractivity contribution in [2.24, 2.45) is 0 Å². The van der Waals surface area contributed by atoms with Crippen LogP contribution in [0.15, 0.2) is 127 Å². The lowest BCUT2D eigenvalue weighted by Crippen LogP contribution is -2.16. The maximum Gasteiger partial charge on any atom is 0.519 e. The molecule has 226 valence electrons. The van der Waals surface area contributed by atoms with Gasteiger partial charge >= 0.3 is 12.3 Å². The molecule has 0 aliphatic carbocycles. The Hall–Kier alpha value is -5.88. The number of ether oxygens (including phenoxy) is 4. The molecule has 0 spiro atoms. The third-order valence-corrected chi connectivity index (χ3v) is 8.10. The van der Waals surface area contributed by atoms with Crippen molar-refractivity contribution in [3.63, 3.8) is 0 Å². The number of aryl methyl sites for hydroxylation is 1. The molecule has 7 aromatic carbocycles. The average molecular weight is 607 g/mol. The van der Waals surface area contributed by atoms with Gasteiger partial charge in [-0.1, -0.05) is 129 Å². The summed E-state index contributed by atoms with van der Waals surface area (Å²) in [6.07, 6.45) is 0.901. The van der Waals surface area contributed by atoms with Gasteiger partial charge in [-0.2, -0.15) is 0 Å². The molecular weight excluding hydrogens is 576 g/mol. The monoisotopic (exact) mass is 606 g/mol. The molecule has 7 rings (SSSR count). The molecule has 6 nitrogen and oxygen atoms in total. The zero-order valence-corrected chi connectivity index (χ0v) is 25.2. The third-order valence-electron chi connectivity index (χ3n) is 8.10. The van der Waals surface area contributed by atoms with Crippen LogP contribution in [0, 0.1) is 0 Å². The van der Waals surface area contributed by atoms with Gasteiger partial charge in [-0.25, -0.2) is 9.59 Å². The molecule has 0 heterocycles. The molecule has 0 saturated heterocycles. The zero-order valence-electron chi connectivity index (χ0n) is 25.2. The van der Waals surface area contributed by atoms with Crippen LogP contribution < -0.4 is 18.9 Å². The lowest BCUT2D eigenvalue weighted by Gasteiger charge is -2.18. The minimum atomic E-state index is -0.870. The summed E-state index contributed by atoms with van der Waals surface area (Å²) in [6, 6.07) is 39.6. The Kier molecular flexibility index (Phi) is 7.92. The highest BCUT2D eigenvalue weighted by Gasteiger charge is 2.24. The van der Waals surface area contributed by atoms with E-state index in [0.717, 1.165) is 46.4 Å². The number of benzene rings is 7. The number of carbonyl (C=O) groups is 2. The van der Waals surface area contributed by atoms with E-state index in [4.69, 9.17) is 18.9 Å². The number of hydrogen-bond acceptors (Lipinski definition) is 6. The van der Waals surface area contributed by atoms with Gasteiger partial charge in [0, 0.05) is 32.3 Å². The summed E-state index contributed by atoms with van der Waals surface area (Å²) in [4.78, 5) is 26.9. The molecule has 0 fully saturated rings. The van der Waals surface area contributed by atoms with E-state index < -0.39 is 12.3 Å². The Morgan fingerprint density at radius 3 is 1.52 bits per heavy atom. The third kappa shape index (κ3) is 5.57. The first-order valence-electron chi connectivity index (χ1n) is 15.3. The Morgan fingerprint density at radius 1 is 0.478 bits per heavy atom. The average Bonchev–Trinajstić information content (AvgIpc) is 3.09. The van der Waals surface area contributed by atoms with E-state index in [1.54, 1.807) is 12.1 Å². The van der Waals surface area contributed by atoms with Gasteiger partial charge < -0.3 is 18.9 Å². The van der Waals surface area contributed by atoms with Gasteiger partial charge in [0.25, 0.3) is 0 Å². The van der Waals surface area contributed by atoms with Crippen molar-refractivity contribution in [2.75, 3.05) is 0 Å². The minimum absolute atomic E-state index is 0.323. The Balaban J connectivity index is 1.31. The van der Waals surface area contributed by atoms with Crippen LogP contribution >= 0.6 is 0 Å². The van der Waals surface area contributed by atoms with Crippen LogP contribution in [0.1, 0.15) is 25.3 Å². The van der Waals surface area contributed by atoms with E-state index in [1.807, 2.05) is 115 Å².